The minimum absolute atomic E-state index is 0.134. The number of aromatic nitrogens is 1. The molecular formula is C18H24FNO. The summed E-state index contributed by atoms with van der Waals surface area (Å²) in [5.41, 5.74) is 0.974. The van der Waals surface area contributed by atoms with E-state index in [9.17, 15) is 9.50 Å². The molecule has 1 aromatic heterocycles. The highest BCUT2D eigenvalue weighted by atomic mass is 19.1. The number of halogens is 1. The summed E-state index contributed by atoms with van der Waals surface area (Å²) in [6.07, 6.45) is 9.09. The largest absolute Gasteiger partial charge is 0.388 e. The van der Waals surface area contributed by atoms with Gasteiger partial charge in [-0.05, 0) is 61.3 Å². The number of hydrogen-bond donors (Lipinski definition) is 1. The van der Waals surface area contributed by atoms with E-state index in [0.717, 1.165) is 19.3 Å². The van der Waals surface area contributed by atoms with Crippen molar-refractivity contribution in [1.29, 1.82) is 0 Å². The third-order valence-electron chi connectivity index (χ3n) is 6.35. The highest BCUT2D eigenvalue weighted by molar-refractivity contribution is 5.22. The topological polar surface area (TPSA) is 33.1 Å². The van der Waals surface area contributed by atoms with Crippen LogP contribution < -0.4 is 0 Å². The van der Waals surface area contributed by atoms with E-state index in [1.807, 2.05) is 0 Å². The van der Waals surface area contributed by atoms with Crippen LogP contribution in [-0.2, 0) is 0 Å². The lowest BCUT2D eigenvalue weighted by atomic mass is 9.39. The normalized spacial score (nSPS) is 45.8. The van der Waals surface area contributed by atoms with Gasteiger partial charge in [-0.15, -0.1) is 0 Å². The molecule has 5 rings (SSSR count). The first-order valence-electron chi connectivity index (χ1n) is 8.11. The van der Waals surface area contributed by atoms with Gasteiger partial charge in [-0.25, -0.2) is 4.39 Å². The molecule has 4 aliphatic rings. The molecule has 114 valence electrons. The minimum Gasteiger partial charge on any atom is -0.388 e. The maximum absolute atomic E-state index is 14.1. The number of rotatable bonds is 2. The summed E-state index contributed by atoms with van der Waals surface area (Å²) in [4.78, 5) is 3.81. The Hall–Kier alpha value is -0.960. The molecule has 0 aromatic carbocycles. The van der Waals surface area contributed by atoms with Gasteiger partial charge in [0.15, 0.2) is 0 Å². The van der Waals surface area contributed by atoms with Crippen molar-refractivity contribution in [3.05, 3.63) is 29.8 Å². The molecule has 4 fully saturated rings. The lowest BCUT2D eigenvalue weighted by molar-refractivity contribution is -0.187. The fraction of sp³-hybridized carbons (Fsp3) is 0.722. The first-order valence-corrected chi connectivity index (χ1v) is 8.11. The zero-order valence-corrected chi connectivity index (χ0v) is 12.9. The number of nitrogens with zero attached hydrogens (tertiary/aromatic N) is 1. The second kappa shape index (κ2) is 4.07. The Bertz CT molecular complexity index is 568. The van der Waals surface area contributed by atoms with Crippen LogP contribution in [-0.4, -0.2) is 10.1 Å². The Kier molecular flexibility index (Phi) is 2.65. The van der Waals surface area contributed by atoms with E-state index in [4.69, 9.17) is 0 Å². The Morgan fingerprint density at radius 2 is 1.86 bits per heavy atom. The van der Waals surface area contributed by atoms with Crippen molar-refractivity contribution in [2.75, 3.05) is 0 Å². The van der Waals surface area contributed by atoms with Crippen LogP contribution in [0.1, 0.15) is 64.0 Å². The van der Waals surface area contributed by atoms with E-state index in [-0.39, 0.29) is 11.2 Å². The minimum atomic E-state index is -0.692. The molecule has 1 aromatic rings. The van der Waals surface area contributed by atoms with Crippen LogP contribution in [0.4, 0.5) is 4.39 Å². The number of aliphatic hydroxyl groups is 1. The number of aliphatic hydroxyl groups excluding tert-OH is 1. The Balaban J connectivity index is 1.76. The maximum atomic E-state index is 14.1. The summed E-state index contributed by atoms with van der Waals surface area (Å²) in [5.74, 6) is 0.340. The average molecular weight is 289 g/mol. The quantitative estimate of drug-likeness (QED) is 0.883. The van der Waals surface area contributed by atoms with Crippen LogP contribution in [0.2, 0.25) is 0 Å². The fourth-order valence-electron chi connectivity index (χ4n) is 6.78. The standard InChI is InChI=1S/C18H24FNO/c1-16-5-12-6-17(2,9-16)11-18(7-12,10-16)15(21)13-3-4-20-8-14(13)19/h3-4,8,12,15,21H,5-7,9-11H2,1-2H3. The second-order valence-electron chi connectivity index (χ2n) is 8.79. The summed E-state index contributed by atoms with van der Waals surface area (Å²) >= 11 is 0. The molecule has 0 radical (unpaired) electrons. The molecule has 4 saturated carbocycles. The van der Waals surface area contributed by atoms with Gasteiger partial charge in [-0.2, -0.15) is 0 Å². The summed E-state index contributed by atoms with van der Waals surface area (Å²) in [5, 5.41) is 11.0. The Morgan fingerprint density at radius 1 is 1.19 bits per heavy atom. The highest BCUT2D eigenvalue weighted by Crippen LogP contribution is 2.72. The van der Waals surface area contributed by atoms with Crippen molar-refractivity contribution in [1.82, 2.24) is 4.98 Å². The molecule has 3 atom stereocenters. The van der Waals surface area contributed by atoms with E-state index in [0.29, 0.717) is 22.3 Å². The summed E-state index contributed by atoms with van der Waals surface area (Å²) in [6.45, 7) is 4.75. The van der Waals surface area contributed by atoms with Crippen molar-refractivity contribution < 1.29 is 9.50 Å². The molecule has 0 amide bonds. The van der Waals surface area contributed by atoms with Gasteiger partial charge in [-0.3, -0.25) is 4.98 Å². The smallest absolute Gasteiger partial charge is 0.147 e. The molecule has 21 heavy (non-hydrogen) atoms. The monoisotopic (exact) mass is 289 g/mol. The van der Waals surface area contributed by atoms with Crippen molar-refractivity contribution >= 4 is 0 Å². The van der Waals surface area contributed by atoms with Crippen molar-refractivity contribution in [3.63, 3.8) is 0 Å². The zero-order valence-electron chi connectivity index (χ0n) is 12.9. The van der Waals surface area contributed by atoms with Crippen molar-refractivity contribution in [2.45, 2.75) is 58.5 Å². The fourth-order valence-corrected chi connectivity index (χ4v) is 6.78. The zero-order chi connectivity index (χ0) is 14.9. The number of pyridine rings is 1. The summed E-state index contributed by atoms with van der Waals surface area (Å²) < 4.78 is 14.1. The van der Waals surface area contributed by atoms with Gasteiger partial charge in [0.1, 0.15) is 5.82 Å². The molecule has 3 unspecified atom stereocenters. The van der Waals surface area contributed by atoms with Gasteiger partial charge < -0.3 is 5.11 Å². The van der Waals surface area contributed by atoms with Gasteiger partial charge >= 0.3 is 0 Å². The molecule has 2 nitrogen and oxygen atoms in total. The predicted molar refractivity (Wildman–Crippen MR) is 79.0 cm³/mol. The van der Waals surface area contributed by atoms with E-state index < -0.39 is 6.10 Å². The van der Waals surface area contributed by atoms with Crippen LogP contribution in [0.25, 0.3) is 0 Å². The summed E-state index contributed by atoms with van der Waals surface area (Å²) in [7, 11) is 0. The first-order chi connectivity index (χ1) is 9.83. The molecular weight excluding hydrogens is 265 g/mol. The van der Waals surface area contributed by atoms with Crippen LogP contribution in [0, 0.1) is 28.0 Å². The lowest BCUT2D eigenvalue weighted by Gasteiger charge is -2.66. The van der Waals surface area contributed by atoms with Crippen LogP contribution in [0.3, 0.4) is 0 Å². The third-order valence-corrected chi connectivity index (χ3v) is 6.35. The molecule has 4 bridgehead atoms. The van der Waals surface area contributed by atoms with Crippen molar-refractivity contribution in [3.8, 4) is 0 Å². The average Bonchev–Trinajstić information content (AvgIpc) is 2.34. The maximum Gasteiger partial charge on any atom is 0.147 e. The van der Waals surface area contributed by atoms with E-state index in [2.05, 4.69) is 18.8 Å². The molecule has 0 aliphatic heterocycles. The molecule has 1 heterocycles. The lowest BCUT2D eigenvalue weighted by Crippen LogP contribution is -2.56. The molecule has 0 saturated heterocycles. The van der Waals surface area contributed by atoms with Gasteiger partial charge in [0, 0.05) is 17.2 Å². The van der Waals surface area contributed by atoms with Gasteiger partial charge in [0.25, 0.3) is 0 Å². The molecule has 0 spiro atoms. The van der Waals surface area contributed by atoms with Gasteiger partial charge in [-0.1, -0.05) is 13.8 Å². The summed E-state index contributed by atoms with van der Waals surface area (Å²) in [6, 6.07) is 1.66. The molecule has 1 N–H and O–H groups in total. The van der Waals surface area contributed by atoms with E-state index in [1.165, 1.54) is 25.5 Å². The third kappa shape index (κ3) is 1.97. The van der Waals surface area contributed by atoms with E-state index >= 15 is 0 Å². The first kappa shape index (κ1) is 13.7. The number of hydrogen-bond acceptors (Lipinski definition) is 2. The van der Waals surface area contributed by atoms with E-state index in [1.54, 1.807) is 12.3 Å². The van der Waals surface area contributed by atoms with Crippen LogP contribution in [0.15, 0.2) is 18.5 Å². The van der Waals surface area contributed by atoms with Crippen molar-refractivity contribution in [2.24, 2.45) is 22.2 Å². The highest BCUT2D eigenvalue weighted by Gasteiger charge is 2.62. The molecule has 4 aliphatic carbocycles. The van der Waals surface area contributed by atoms with Crippen LogP contribution >= 0.6 is 0 Å². The predicted octanol–water partition coefficient (Wildman–Crippen LogP) is 4.25. The molecule has 3 heteroatoms. The van der Waals surface area contributed by atoms with Gasteiger partial charge in [0.2, 0.25) is 0 Å². The SMILES string of the molecule is CC12CC3CC(C)(C1)CC(C(O)c1ccncc1F)(C3)C2. The van der Waals surface area contributed by atoms with Crippen LogP contribution in [0.5, 0.6) is 0 Å². The Morgan fingerprint density at radius 3 is 2.43 bits per heavy atom. The second-order valence-corrected chi connectivity index (χ2v) is 8.79. The Labute approximate surface area is 125 Å². The van der Waals surface area contributed by atoms with Gasteiger partial charge in [0.05, 0.1) is 12.3 Å².